The van der Waals surface area contributed by atoms with Crippen molar-refractivity contribution in [3.8, 4) is 5.75 Å². The van der Waals surface area contributed by atoms with Crippen LogP contribution in [0.3, 0.4) is 0 Å². The van der Waals surface area contributed by atoms with Crippen LogP contribution in [-0.2, 0) is 4.79 Å². The van der Waals surface area contributed by atoms with Gasteiger partial charge in [-0.3, -0.25) is 4.79 Å². The van der Waals surface area contributed by atoms with Gasteiger partial charge in [-0.05, 0) is 6.07 Å². The average Bonchev–Trinajstić information content (AvgIpc) is 2.22. The minimum absolute atomic E-state index is 0.111. The molecule has 0 saturated heterocycles. The quantitative estimate of drug-likeness (QED) is 0.859. The van der Waals surface area contributed by atoms with E-state index in [9.17, 15) is 4.79 Å². The van der Waals surface area contributed by atoms with Crippen molar-refractivity contribution in [1.29, 1.82) is 0 Å². The number of hydrogen-bond donors (Lipinski definition) is 2. The van der Waals surface area contributed by atoms with Gasteiger partial charge in [-0.15, -0.1) is 0 Å². The first-order valence-electron chi connectivity index (χ1n) is 4.11. The van der Waals surface area contributed by atoms with E-state index < -0.39 is 0 Å². The number of ether oxygens (including phenoxy) is 1. The summed E-state index contributed by atoms with van der Waals surface area (Å²) in [5, 5.41) is 3.23. The van der Waals surface area contributed by atoms with Crippen LogP contribution in [0.5, 0.6) is 5.75 Å². The van der Waals surface area contributed by atoms with Crippen LogP contribution in [0.4, 0.5) is 5.69 Å². The summed E-state index contributed by atoms with van der Waals surface area (Å²) in [6.07, 6.45) is 0. The van der Waals surface area contributed by atoms with Gasteiger partial charge in [0.1, 0.15) is 5.75 Å². The number of rotatable bonds is 3. The highest BCUT2D eigenvalue weighted by Crippen LogP contribution is 2.33. The molecule has 15 heavy (non-hydrogen) atoms. The lowest BCUT2D eigenvalue weighted by atomic mass is 10.3. The second kappa shape index (κ2) is 5.21. The van der Waals surface area contributed by atoms with Crippen LogP contribution in [0.25, 0.3) is 0 Å². The zero-order valence-electron chi connectivity index (χ0n) is 8.01. The largest absolute Gasteiger partial charge is 0.495 e. The molecule has 1 aromatic rings. The molecule has 1 rings (SSSR count). The molecule has 0 radical (unpaired) electrons. The van der Waals surface area contributed by atoms with E-state index in [-0.39, 0.29) is 12.5 Å². The van der Waals surface area contributed by atoms with Gasteiger partial charge >= 0.3 is 0 Å². The number of amides is 1. The number of hydrogen-bond acceptors (Lipinski definition) is 3. The Balaban J connectivity index is 3.00. The van der Waals surface area contributed by atoms with Crippen molar-refractivity contribution >= 4 is 34.8 Å². The number of nitrogens with one attached hydrogen (secondary N) is 1. The van der Waals surface area contributed by atoms with E-state index in [1.54, 1.807) is 0 Å². The first-order chi connectivity index (χ1) is 7.08. The Labute approximate surface area is 97.3 Å². The lowest BCUT2D eigenvalue weighted by molar-refractivity contribution is -0.114. The number of carbonyl (C=O) groups is 1. The summed E-state index contributed by atoms with van der Waals surface area (Å²) in [7, 11) is 1.48. The van der Waals surface area contributed by atoms with Crippen LogP contribution in [0, 0.1) is 0 Å². The molecule has 0 spiro atoms. The molecule has 0 heterocycles. The number of anilines is 1. The molecule has 0 fully saturated rings. The first kappa shape index (κ1) is 12.1. The van der Waals surface area contributed by atoms with Gasteiger partial charge in [0.05, 0.1) is 29.4 Å². The van der Waals surface area contributed by atoms with E-state index in [2.05, 4.69) is 5.32 Å². The molecule has 0 aliphatic heterocycles. The second-order valence-corrected chi connectivity index (χ2v) is 3.53. The van der Waals surface area contributed by atoms with Crippen molar-refractivity contribution in [2.45, 2.75) is 0 Å². The van der Waals surface area contributed by atoms with E-state index in [0.29, 0.717) is 21.5 Å². The van der Waals surface area contributed by atoms with E-state index in [1.165, 1.54) is 19.2 Å². The Morgan fingerprint density at radius 1 is 1.47 bits per heavy atom. The van der Waals surface area contributed by atoms with E-state index in [1.807, 2.05) is 0 Å². The number of nitrogens with two attached hydrogens (primary N) is 1. The van der Waals surface area contributed by atoms with Gasteiger partial charge in [0, 0.05) is 6.07 Å². The third-order valence-electron chi connectivity index (χ3n) is 1.70. The number of carbonyl (C=O) groups excluding carboxylic acids is 1. The molecule has 1 amide bonds. The van der Waals surface area contributed by atoms with E-state index in [4.69, 9.17) is 33.7 Å². The minimum atomic E-state index is -0.335. The van der Waals surface area contributed by atoms with Crippen LogP contribution in [-0.4, -0.2) is 19.6 Å². The third kappa shape index (κ3) is 2.99. The third-order valence-corrected chi connectivity index (χ3v) is 2.31. The molecular formula is C9H10Cl2N2O2. The van der Waals surface area contributed by atoms with Crippen LogP contribution in [0.15, 0.2) is 12.1 Å². The van der Waals surface area contributed by atoms with Crippen LogP contribution in [0.1, 0.15) is 0 Å². The van der Waals surface area contributed by atoms with Gasteiger partial charge in [0.15, 0.2) is 0 Å². The molecular weight excluding hydrogens is 239 g/mol. The summed E-state index contributed by atoms with van der Waals surface area (Å²) in [4.78, 5) is 11.0. The molecule has 6 heteroatoms. The maximum Gasteiger partial charge on any atom is 0.238 e. The standard InChI is InChI=1S/C9H10Cl2N2O2/c1-15-8-3-5(10)7(2-6(8)11)13-9(14)4-12/h2-3H,4,12H2,1H3,(H,13,14). The van der Waals surface area contributed by atoms with Crippen molar-refractivity contribution in [1.82, 2.24) is 0 Å². The normalized spacial score (nSPS) is 9.87. The molecule has 82 valence electrons. The van der Waals surface area contributed by atoms with E-state index in [0.717, 1.165) is 0 Å². The molecule has 0 atom stereocenters. The number of benzene rings is 1. The highest BCUT2D eigenvalue weighted by Gasteiger charge is 2.09. The zero-order chi connectivity index (χ0) is 11.4. The highest BCUT2D eigenvalue weighted by atomic mass is 35.5. The Bertz CT molecular complexity index is 383. The molecule has 0 aliphatic carbocycles. The van der Waals surface area contributed by atoms with Crippen molar-refractivity contribution in [2.24, 2.45) is 5.73 Å². The Morgan fingerprint density at radius 3 is 2.67 bits per heavy atom. The second-order valence-electron chi connectivity index (χ2n) is 2.72. The maximum absolute atomic E-state index is 11.0. The molecule has 1 aromatic carbocycles. The molecule has 3 N–H and O–H groups in total. The monoisotopic (exact) mass is 248 g/mol. The van der Waals surface area contributed by atoms with Gasteiger partial charge in [-0.2, -0.15) is 0 Å². The zero-order valence-corrected chi connectivity index (χ0v) is 9.52. The average molecular weight is 249 g/mol. The van der Waals surface area contributed by atoms with Crippen molar-refractivity contribution in [3.63, 3.8) is 0 Å². The lowest BCUT2D eigenvalue weighted by Gasteiger charge is -2.09. The van der Waals surface area contributed by atoms with Gasteiger partial charge in [0.2, 0.25) is 5.91 Å². The SMILES string of the molecule is COc1cc(Cl)c(NC(=O)CN)cc1Cl. The van der Waals surface area contributed by atoms with Gasteiger partial charge < -0.3 is 15.8 Å². The predicted octanol–water partition coefficient (Wildman–Crippen LogP) is 1.90. The minimum Gasteiger partial charge on any atom is -0.495 e. The van der Waals surface area contributed by atoms with Gasteiger partial charge in [-0.25, -0.2) is 0 Å². The maximum atomic E-state index is 11.0. The first-order valence-corrected chi connectivity index (χ1v) is 4.87. The summed E-state index contributed by atoms with van der Waals surface area (Å²) < 4.78 is 4.96. The predicted molar refractivity (Wildman–Crippen MR) is 60.7 cm³/mol. The Morgan fingerprint density at radius 2 is 2.13 bits per heavy atom. The van der Waals surface area contributed by atoms with Crippen molar-refractivity contribution < 1.29 is 9.53 Å². The number of halogens is 2. The summed E-state index contributed by atoms with van der Waals surface area (Å²) in [6.45, 7) is -0.111. The molecule has 4 nitrogen and oxygen atoms in total. The fraction of sp³-hybridized carbons (Fsp3) is 0.222. The summed E-state index contributed by atoms with van der Waals surface area (Å²) in [5.41, 5.74) is 5.57. The smallest absolute Gasteiger partial charge is 0.238 e. The number of methoxy groups -OCH3 is 1. The van der Waals surface area contributed by atoms with Crippen LogP contribution in [0.2, 0.25) is 10.0 Å². The van der Waals surface area contributed by atoms with Crippen LogP contribution < -0.4 is 15.8 Å². The molecule has 0 saturated carbocycles. The van der Waals surface area contributed by atoms with Crippen molar-refractivity contribution in [3.05, 3.63) is 22.2 Å². The summed E-state index contributed by atoms with van der Waals surface area (Å²) in [6, 6.07) is 3.03. The van der Waals surface area contributed by atoms with Gasteiger partial charge in [-0.1, -0.05) is 23.2 Å². The highest BCUT2D eigenvalue weighted by molar-refractivity contribution is 6.36. The fourth-order valence-corrected chi connectivity index (χ4v) is 1.42. The molecule has 0 aliphatic rings. The Hall–Kier alpha value is -0.970. The lowest BCUT2D eigenvalue weighted by Crippen LogP contribution is -2.21. The molecule has 0 bridgehead atoms. The summed E-state index contributed by atoms with van der Waals surface area (Å²) >= 11 is 11.7. The van der Waals surface area contributed by atoms with E-state index >= 15 is 0 Å². The van der Waals surface area contributed by atoms with Gasteiger partial charge in [0.25, 0.3) is 0 Å². The Kier molecular flexibility index (Phi) is 4.20. The molecule has 0 unspecified atom stereocenters. The van der Waals surface area contributed by atoms with Crippen molar-refractivity contribution in [2.75, 3.05) is 19.0 Å². The summed E-state index contributed by atoms with van der Waals surface area (Å²) in [5.74, 6) is 0.116. The topological polar surface area (TPSA) is 64.3 Å². The fourth-order valence-electron chi connectivity index (χ4n) is 0.982. The van der Waals surface area contributed by atoms with Crippen LogP contribution >= 0.6 is 23.2 Å². The molecule has 0 aromatic heterocycles.